The van der Waals surface area contributed by atoms with Gasteiger partial charge < -0.3 is 10.6 Å². The Kier molecular flexibility index (Phi) is 4.15. The molecule has 1 saturated carbocycles. The van der Waals surface area contributed by atoms with Crippen molar-refractivity contribution in [2.24, 2.45) is 5.92 Å². The molecular weight excluding hydrogens is 276 g/mol. The van der Waals surface area contributed by atoms with E-state index in [-0.39, 0.29) is 18.1 Å². The molecule has 0 heterocycles. The second-order valence-corrected chi connectivity index (χ2v) is 4.79. The summed E-state index contributed by atoms with van der Waals surface area (Å²) in [6, 6.07) is 2.55. The van der Waals surface area contributed by atoms with Crippen molar-refractivity contribution in [3.05, 3.63) is 29.6 Å². The van der Waals surface area contributed by atoms with Crippen molar-refractivity contribution >= 4 is 11.6 Å². The largest absolute Gasteiger partial charge is 0.419 e. The van der Waals surface area contributed by atoms with Crippen LogP contribution in [0.25, 0.3) is 0 Å². The molecule has 2 N–H and O–H groups in total. The van der Waals surface area contributed by atoms with Crippen molar-refractivity contribution in [2.75, 3.05) is 18.4 Å². The highest BCUT2D eigenvalue weighted by Gasteiger charge is 2.34. The van der Waals surface area contributed by atoms with Crippen LogP contribution in [0.5, 0.6) is 0 Å². The minimum absolute atomic E-state index is 0.0558. The second kappa shape index (κ2) is 5.68. The molecule has 1 aliphatic rings. The summed E-state index contributed by atoms with van der Waals surface area (Å²) in [6.45, 7) is 0.452. The third kappa shape index (κ3) is 4.11. The third-order valence-corrected chi connectivity index (χ3v) is 3.01. The fourth-order valence-corrected chi connectivity index (χ4v) is 1.68. The monoisotopic (exact) mass is 290 g/mol. The van der Waals surface area contributed by atoms with E-state index in [0.29, 0.717) is 18.5 Å². The molecule has 0 saturated heterocycles. The molecular formula is C13H14F4N2O. The van der Waals surface area contributed by atoms with Gasteiger partial charge in [0.25, 0.3) is 0 Å². The van der Waals surface area contributed by atoms with E-state index in [9.17, 15) is 22.4 Å². The van der Waals surface area contributed by atoms with Crippen LogP contribution in [0.3, 0.4) is 0 Å². The molecule has 3 nitrogen and oxygen atoms in total. The fraction of sp³-hybridized carbons (Fsp3) is 0.462. The van der Waals surface area contributed by atoms with Gasteiger partial charge in [0.2, 0.25) is 5.91 Å². The van der Waals surface area contributed by atoms with Gasteiger partial charge in [-0.25, -0.2) is 4.39 Å². The first-order valence-electron chi connectivity index (χ1n) is 6.23. The van der Waals surface area contributed by atoms with Gasteiger partial charge in [-0.1, -0.05) is 0 Å². The van der Waals surface area contributed by atoms with Gasteiger partial charge >= 0.3 is 6.18 Å². The molecule has 2 rings (SSSR count). The Morgan fingerprint density at radius 3 is 2.60 bits per heavy atom. The standard InChI is InChI=1S/C13H14F4N2O/c14-11-4-3-9(5-10(11)13(15,16)17)18-7-12(20)19-6-8-1-2-8/h3-5,8,18H,1-2,6-7H2,(H,19,20). The van der Waals surface area contributed by atoms with Crippen LogP contribution >= 0.6 is 0 Å². The summed E-state index contributed by atoms with van der Waals surface area (Å²) in [6.07, 6.45) is -2.56. The molecule has 0 bridgehead atoms. The van der Waals surface area contributed by atoms with Crippen LogP contribution in [0.1, 0.15) is 18.4 Å². The average molecular weight is 290 g/mol. The zero-order valence-corrected chi connectivity index (χ0v) is 10.6. The molecule has 20 heavy (non-hydrogen) atoms. The minimum atomic E-state index is -4.75. The van der Waals surface area contributed by atoms with E-state index in [2.05, 4.69) is 10.6 Å². The highest BCUT2D eigenvalue weighted by Crippen LogP contribution is 2.32. The van der Waals surface area contributed by atoms with Gasteiger partial charge in [0, 0.05) is 12.2 Å². The lowest BCUT2D eigenvalue weighted by atomic mass is 10.2. The Hall–Kier alpha value is -1.79. The summed E-state index contributed by atoms with van der Waals surface area (Å²) in [4.78, 5) is 11.4. The van der Waals surface area contributed by atoms with Gasteiger partial charge in [-0.05, 0) is 37.0 Å². The molecule has 0 spiro atoms. The number of hydrogen-bond acceptors (Lipinski definition) is 2. The minimum Gasteiger partial charge on any atom is -0.376 e. The number of hydrogen-bond donors (Lipinski definition) is 2. The lowest BCUT2D eigenvalue weighted by Gasteiger charge is -2.11. The Balaban J connectivity index is 1.90. The fourth-order valence-electron chi connectivity index (χ4n) is 1.68. The second-order valence-electron chi connectivity index (χ2n) is 4.79. The number of halogens is 4. The molecule has 0 atom stereocenters. The number of rotatable bonds is 5. The van der Waals surface area contributed by atoms with Crippen LogP contribution in [0, 0.1) is 11.7 Å². The Labute approximate surface area is 113 Å². The summed E-state index contributed by atoms with van der Waals surface area (Å²) in [7, 11) is 0. The van der Waals surface area contributed by atoms with E-state index in [1.54, 1.807) is 0 Å². The van der Waals surface area contributed by atoms with Crippen LogP contribution in [0.2, 0.25) is 0 Å². The molecule has 110 valence electrons. The van der Waals surface area contributed by atoms with Gasteiger partial charge in [0.05, 0.1) is 12.1 Å². The predicted octanol–water partition coefficient (Wildman–Crippen LogP) is 2.78. The zero-order chi connectivity index (χ0) is 14.8. The molecule has 7 heteroatoms. The van der Waals surface area contributed by atoms with Gasteiger partial charge in [0.15, 0.2) is 0 Å². The summed E-state index contributed by atoms with van der Waals surface area (Å²) < 4.78 is 50.5. The van der Waals surface area contributed by atoms with E-state index >= 15 is 0 Å². The maximum absolute atomic E-state index is 13.1. The Morgan fingerprint density at radius 1 is 1.30 bits per heavy atom. The number of alkyl halides is 3. The van der Waals surface area contributed by atoms with Gasteiger partial charge in [-0.3, -0.25) is 4.79 Å². The lowest BCUT2D eigenvalue weighted by molar-refractivity contribution is -0.139. The first-order chi connectivity index (χ1) is 9.36. The molecule has 0 aliphatic heterocycles. The molecule has 1 aromatic rings. The van der Waals surface area contributed by atoms with E-state index in [1.165, 1.54) is 6.07 Å². The Bertz CT molecular complexity index is 498. The van der Waals surface area contributed by atoms with Crippen LogP contribution in [-0.4, -0.2) is 19.0 Å². The SMILES string of the molecule is O=C(CNc1ccc(F)c(C(F)(F)F)c1)NCC1CC1. The van der Waals surface area contributed by atoms with Crippen LogP contribution < -0.4 is 10.6 Å². The quantitative estimate of drug-likeness (QED) is 0.819. The molecule has 0 aromatic heterocycles. The first kappa shape index (κ1) is 14.6. The van der Waals surface area contributed by atoms with Gasteiger partial charge in [-0.2, -0.15) is 13.2 Å². The summed E-state index contributed by atoms with van der Waals surface area (Å²) in [5, 5.41) is 5.22. The number of anilines is 1. The molecule has 1 fully saturated rings. The molecule has 1 aromatic carbocycles. The highest BCUT2D eigenvalue weighted by atomic mass is 19.4. The maximum atomic E-state index is 13.1. The molecule has 0 radical (unpaired) electrons. The maximum Gasteiger partial charge on any atom is 0.419 e. The van der Waals surface area contributed by atoms with Gasteiger partial charge in [0.1, 0.15) is 5.82 Å². The topological polar surface area (TPSA) is 41.1 Å². The average Bonchev–Trinajstić information content (AvgIpc) is 3.18. The van der Waals surface area contributed by atoms with E-state index in [1.807, 2.05) is 0 Å². The smallest absolute Gasteiger partial charge is 0.376 e. The van der Waals surface area contributed by atoms with Crippen molar-refractivity contribution < 1.29 is 22.4 Å². The highest BCUT2D eigenvalue weighted by molar-refractivity contribution is 5.80. The van der Waals surface area contributed by atoms with E-state index in [0.717, 1.165) is 18.9 Å². The van der Waals surface area contributed by atoms with Crippen molar-refractivity contribution in [3.63, 3.8) is 0 Å². The van der Waals surface area contributed by atoms with E-state index in [4.69, 9.17) is 0 Å². The first-order valence-corrected chi connectivity index (χ1v) is 6.23. The number of carbonyl (C=O) groups is 1. The lowest BCUT2D eigenvalue weighted by Crippen LogP contribution is -2.31. The zero-order valence-electron chi connectivity index (χ0n) is 10.6. The number of benzene rings is 1. The summed E-state index contributed by atoms with van der Waals surface area (Å²) in [5.74, 6) is -1.10. The summed E-state index contributed by atoms with van der Waals surface area (Å²) >= 11 is 0. The van der Waals surface area contributed by atoms with Crippen LogP contribution in [-0.2, 0) is 11.0 Å². The number of carbonyl (C=O) groups excluding carboxylic acids is 1. The Morgan fingerprint density at radius 2 is 2.00 bits per heavy atom. The predicted molar refractivity (Wildman–Crippen MR) is 65.6 cm³/mol. The normalized spacial score (nSPS) is 15.0. The van der Waals surface area contributed by atoms with Gasteiger partial charge in [-0.15, -0.1) is 0 Å². The molecule has 0 unspecified atom stereocenters. The van der Waals surface area contributed by atoms with E-state index < -0.39 is 17.6 Å². The van der Waals surface area contributed by atoms with Crippen molar-refractivity contribution in [2.45, 2.75) is 19.0 Å². The number of nitrogens with one attached hydrogen (secondary N) is 2. The van der Waals surface area contributed by atoms with Crippen molar-refractivity contribution in [1.29, 1.82) is 0 Å². The molecule has 1 aliphatic carbocycles. The third-order valence-electron chi connectivity index (χ3n) is 3.01. The molecule has 1 amide bonds. The van der Waals surface area contributed by atoms with Crippen molar-refractivity contribution in [3.8, 4) is 0 Å². The number of amides is 1. The summed E-state index contributed by atoms with van der Waals surface area (Å²) in [5.41, 5.74) is -1.29. The van der Waals surface area contributed by atoms with Crippen molar-refractivity contribution in [1.82, 2.24) is 5.32 Å². The van der Waals surface area contributed by atoms with Crippen LogP contribution in [0.15, 0.2) is 18.2 Å². The van der Waals surface area contributed by atoms with Crippen LogP contribution in [0.4, 0.5) is 23.2 Å².